The average molecular weight is 339 g/mol. The number of aromatic nitrogens is 3. The summed E-state index contributed by atoms with van der Waals surface area (Å²) < 4.78 is 7.62. The molecule has 0 spiro atoms. The smallest absolute Gasteiger partial charge is 0.338 e. The molecule has 1 aromatic heterocycles. The van der Waals surface area contributed by atoms with Crippen LogP contribution < -0.4 is 0 Å². The van der Waals surface area contributed by atoms with Gasteiger partial charge in [-0.3, -0.25) is 0 Å². The van der Waals surface area contributed by atoms with Crippen LogP contribution in [0.15, 0.2) is 36.9 Å². The normalized spacial score (nSPS) is 29.7. The van der Waals surface area contributed by atoms with Gasteiger partial charge in [0.2, 0.25) is 0 Å². The number of rotatable bonds is 4. The second-order valence-corrected chi connectivity index (χ2v) is 8.19. The maximum atomic E-state index is 12.5. The molecule has 0 N–H and O–H groups in total. The molecule has 0 saturated heterocycles. The lowest BCUT2D eigenvalue weighted by Crippen LogP contribution is -2.57. The first-order valence-electron chi connectivity index (χ1n) is 9.07. The molecule has 3 aliphatic rings. The lowest BCUT2D eigenvalue weighted by Gasteiger charge is -2.61. The van der Waals surface area contributed by atoms with Crippen LogP contribution in [0.4, 0.5) is 0 Å². The van der Waals surface area contributed by atoms with Crippen LogP contribution in [0.3, 0.4) is 0 Å². The Morgan fingerprint density at radius 3 is 2.64 bits per heavy atom. The lowest BCUT2D eigenvalue weighted by atomic mass is 9.45. The molecule has 2 bridgehead atoms. The van der Waals surface area contributed by atoms with Crippen LogP contribution >= 0.6 is 0 Å². The summed E-state index contributed by atoms with van der Waals surface area (Å²) >= 11 is 0. The first-order valence-corrected chi connectivity index (χ1v) is 9.07. The van der Waals surface area contributed by atoms with Crippen molar-refractivity contribution in [1.29, 1.82) is 0 Å². The molecule has 1 heterocycles. The van der Waals surface area contributed by atoms with Gasteiger partial charge in [0.25, 0.3) is 0 Å². The van der Waals surface area contributed by atoms with Crippen LogP contribution in [0, 0.1) is 23.2 Å². The molecule has 132 valence electrons. The third-order valence-corrected chi connectivity index (χ3v) is 6.54. The van der Waals surface area contributed by atoms with E-state index in [1.54, 1.807) is 11.0 Å². The van der Waals surface area contributed by atoms with E-state index >= 15 is 0 Å². The minimum absolute atomic E-state index is 0.0547. The SMILES string of the molecule is CC1C(OC(=O)c2ccc(Cn3cncn3)cc2)CC2CC1C2(C)C. The summed E-state index contributed by atoms with van der Waals surface area (Å²) in [6.45, 7) is 7.59. The van der Waals surface area contributed by atoms with Gasteiger partial charge in [0, 0.05) is 0 Å². The molecule has 3 saturated carbocycles. The van der Waals surface area contributed by atoms with Gasteiger partial charge in [0.15, 0.2) is 0 Å². The molecule has 0 radical (unpaired) electrons. The zero-order chi connectivity index (χ0) is 17.6. The second kappa shape index (κ2) is 5.97. The Morgan fingerprint density at radius 1 is 1.28 bits per heavy atom. The predicted octanol–water partition coefficient (Wildman–Crippen LogP) is 3.55. The molecule has 5 nitrogen and oxygen atoms in total. The van der Waals surface area contributed by atoms with Crippen molar-refractivity contribution in [2.24, 2.45) is 23.2 Å². The van der Waals surface area contributed by atoms with Crippen LogP contribution in [-0.2, 0) is 11.3 Å². The highest BCUT2D eigenvalue weighted by Gasteiger charge is 2.57. The molecule has 0 amide bonds. The Labute approximate surface area is 148 Å². The highest BCUT2D eigenvalue weighted by Crippen LogP contribution is 2.61. The number of fused-ring (bicyclic) bond motifs is 2. The van der Waals surface area contributed by atoms with Gasteiger partial charge in [-0.25, -0.2) is 14.5 Å². The monoisotopic (exact) mass is 339 g/mol. The van der Waals surface area contributed by atoms with Crippen molar-refractivity contribution in [3.05, 3.63) is 48.0 Å². The average Bonchev–Trinajstić information content (AvgIpc) is 3.09. The zero-order valence-electron chi connectivity index (χ0n) is 15.1. The molecule has 3 fully saturated rings. The van der Waals surface area contributed by atoms with Gasteiger partial charge in [0.1, 0.15) is 18.8 Å². The van der Waals surface area contributed by atoms with Crippen molar-refractivity contribution >= 4 is 5.97 Å². The quantitative estimate of drug-likeness (QED) is 0.799. The van der Waals surface area contributed by atoms with E-state index in [-0.39, 0.29) is 12.1 Å². The minimum atomic E-state index is -0.205. The molecule has 5 rings (SSSR count). The van der Waals surface area contributed by atoms with E-state index < -0.39 is 0 Å². The number of ether oxygens (including phenoxy) is 1. The summed E-state index contributed by atoms with van der Waals surface area (Å²) in [4.78, 5) is 16.5. The number of benzene rings is 1. The molecular weight excluding hydrogens is 314 g/mol. The van der Waals surface area contributed by atoms with Crippen molar-refractivity contribution in [3.63, 3.8) is 0 Å². The van der Waals surface area contributed by atoms with Crippen LogP contribution in [0.5, 0.6) is 0 Å². The van der Waals surface area contributed by atoms with Crippen LogP contribution in [-0.4, -0.2) is 26.8 Å². The van der Waals surface area contributed by atoms with Gasteiger partial charge < -0.3 is 4.74 Å². The van der Waals surface area contributed by atoms with Gasteiger partial charge >= 0.3 is 5.97 Å². The topological polar surface area (TPSA) is 57.0 Å². The zero-order valence-corrected chi connectivity index (χ0v) is 15.1. The van der Waals surface area contributed by atoms with E-state index in [9.17, 15) is 4.79 Å². The molecule has 3 aliphatic carbocycles. The van der Waals surface area contributed by atoms with Gasteiger partial charge in [0.05, 0.1) is 12.1 Å². The van der Waals surface area contributed by atoms with Crippen molar-refractivity contribution in [3.8, 4) is 0 Å². The fourth-order valence-electron chi connectivity index (χ4n) is 4.71. The van der Waals surface area contributed by atoms with Gasteiger partial charge in [-0.05, 0) is 53.7 Å². The van der Waals surface area contributed by atoms with E-state index in [1.165, 1.54) is 12.7 Å². The van der Waals surface area contributed by atoms with E-state index in [0.29, 0.717) is 35.3 Å². The lowest BCUT2D eigenvalue weighted by molar-refractivity contribution is -0.156. The number of hydrogen-bond donors (Lipinski definition) is 0. The number of esters is 1. The molecule has 1 aromatic carbocycles. The number of nitrogens with zero attached hydrogens (tertiary/aromatic N) is 3. The Balaban J connectivity index is 1.38. The van der Waals surface area contributed by atoms with E-state index in [4.69, 9.17) is 4.74 Å². The third-order valence-electron chi connectivity index (χ3n) is 6.54. The summed E-state index contributed by atoms with van der Waals surface area (Å²) in [5, 5.41) is 4.09. The summed E-state index contributed by atoms with van der Waals surface area (Å²) in [5.74, 6) is 1.60. The Morgan fingerprint density at radius 2 is 2.04 bits per heavy atom. The van der Waals surface area contributed by atoms with E-state index in [0.717, 1.165) is 12.0 Å². The fourth-order valence-corrected chi connectivity index (χ4v) is 4.71. The number of carbonyl (C=O) groups is 1. The van der Waals surface area contributed by atoms with Crippen molar-refractivity contribution in [1.82, 2.24) is 14.8 Å². The van der Waals surface area contributed by atoms with E-state index in [1.807, 2.05) is 24.3 Å². The van der Waals surface area contributed by atoms with E-state index in [2.05, 4.69) is 30.9 Å². The second-order valence-electron chi connectivity index (χ2n) is 8.19. The maximum absolute atomic E-state index is 12.5. The molecule has 0 aliphatic heterocycles. The predicted molar refractivity (Wildman–Crippen MR) is 93.9 cm³/mol. The van der Waals surface area contributed by atoms with Crippen molar-refractivity contribution < 1.29 is 9.53 Å². The Hall–Kier alpha value is -2.17. The van der Waals surface area contributed by atoms with Gasteiger partial charge in [-0.15, -0.1) is 0 Å². The highest BCUT2D eigenvalue weighted by atomic mass is 16.5. The molecule has 5 heteroatoms. The maximum Gasteiger partial charge on any atom is 0.338 e. The Bertz CT molecular complexity index is 752. The first kappa shape index (κ1) is 16.3. The van der Waals surface area contributed by atoms with Crippen LogP contribution in [0.25, 0.3) is 0 Å². The number of carbonyl (C=O) groups excluding carboxylic acids is 1. The molecule has 2 aromatic rings. The van der Waals surface area contributed by atoms with Crippen molar-refractivity contribution in [2.75, 3.05) is 0 Å². The Kier molecular flexibility index (Phi) is 3.89. The molecule has 4 unspecified atom stereocenters. The van der Waals surface area contributed by atoms with Crippen molar-refractivity contribution in [2.45, 2.75) is 46.3 Å². The number of hydrogen-bond acceptors (Lipinski definition) is 4. The first-order chi connectivity index (χ1) is 11.9. The summed E-state index contributed by atoms with van der Waals surface area (Å²) in [5.41, 5.74) is 2.11. The van der Waals surface area contributed by atoms with Crippen LogP contribution in [0.2, 0.25) is 0 Å². The molecular formula is C20H25N3O2. The van der Waals surface area contributed by atoms with Gasteiger partial charge in [-0.2, -0.15) is 5.10 Å². The fraction of sp³-hybridized carbons (Fsp3) is 0.550. The summed E-state index contributed by atoms with van der Waals surface area (Å²) in [7, 11) is 0. The third kappa shape index (κ3) is 2.86. The minimum Gasteiger partial charge on any atom is -0.458 e. The molecule has 4 atom stereocenters. The summed E-state index contributed by atoms with van der Waals surface area (Å²) in [6.07, 6.45) is 5.54. The highest BCUT2D eigenvalue weighted by molar-refractivity contribution is 5.89. The van der Waals surface area contributed by atoms with Gasteiger partial charge in [-0.1, -0.05) is 32.9 Å². The standard InChI is InChI=1S/C20H25N3O2/c1-13-17-8-16(20(17,2)3)9-18(13)25-19(24)15-6-4-14(5-7-15)10-23-12-21-11-22-23/h4-7,11-13,16-18H,8-10H2,1-3H3. The molecule has 25 heavy (non-hydrogen) atoms. The van der Waals surface area contributed by atoms with Crippen LogP contribution in [0.1, 0.15) is 49.5 Å². The largest absolute Gasteiger partial charge is 0.458 e. The summed E-state index contributed by atoms with van der Waals surface area (Å²) in [6, 6.07) is 7.58.